The van der Waals surface area contributed by atoms with Crippen LogP contribution < -0.4 is 11.1 Å². The highest BCUT2D eigenvalue weighted by Gasteiger charge is 2.01. The van der Waals surface area contributed by atoms with Crippen molar-refractivity contribution in [3.05, 3.63) is 24.0 Å². The van der Waals surface area contributed by atoms with Crippen molar-refractivity contribution in [1.82, 2.24) is 0 Å². The van der Waals surface area contributed by atoms with Crippen LogP contribution in [0, 0.1) is 5.82 Å². The molecule has 5 heteroatoms. The van der Waals surface area contributed by atoms with Crippen molar-refractivity contribution in [3.63, 3.8) is 0 Å². The molecule has 1 rings (SSSR count). The molecule has 0 heterocycles. The molecular weight excluding hydrogens is 163 g/mol. The molecule has 0 spiro atoms. The zero-order chi connectivity index (χ0) is 9.14. The maximum atomic E-state index is 12.7. The molecule has 1 aromatic carbocycles. The van der Waals surface area contributed by atoms with Crippen molar-refractivity contribution in [2.45, 2.75) is 0 Å². The maximum absolute atomic E-state index is 12.7. The Bertz CT molecular complexity index is 314. The highest BCUT2D eigenvalue weighted by atomic mass is 19.1. The van der Waals surface area contributed by atoms with Gasteiger partial charge in [0.2, 0.25) is 0 Å². The molecule has 1 amide bonds. The predicted octanol–water partition coefficient (Wildman–Crippen LogP) is 1.50. The lowest BCUT2D eigenvalue weighted by Crippen LogP contribution is -2.07. The summed E-state index contributed by atoms with van der Waals surface area (Å²) in [6.07, 6.45) is -1.24. The Labute approximate surface area is 67.8 Å². The molecule has 4 N–H and O–H groups in total. The highest BCUT2D eigenvalue weighted by molar-refractivity contribution is 5.83. The Kier molecular flexibility index (Phi) is 2.14. The van der Waals surface area contributed by atoms with Crippen molar-refractivity contribution >= 4 is 17.5 Å². The number of rotatable bonds is 1. The molecule has 0 fully saturated rings. The average Bonchev–Trinajstić information content (AvgIpc) is 1.96. The lowest BCUT2D eigenvalue weighted by atomic mass is 10.3. The zero-order valence-electron chi connectivity index (χ0n) is 6.04. The fourth-order valence-electron chi connectivity index (χ4n) is 0.728. The Balaban J connectivity index is 2.89. The predicted molar refractivity (Wildman–Crippen MR) is 42.5 cm³/mol. The standard InChI is InChI=1S/C7H7FN2O2/c8-5-3-4(10-7(11)12)1-2-6(5)9/h1-3,10H,9H2,(H,11,12). The van der Waals surface area contributed by atoms with Gasteiger partial charge in [-0.3, -0.25) is 5.32 Å². The van der Waals surface area contributed by atoms with E-state index in [0.717, 1.165) is 6.07 Å². The largest absolute Gasteiger partial charge is 0.465 e. The smallest absolute Gasteiger partial charge is 0.409 e. The number of carboxylic acid groups (broad SMARTS) is 1. The third-order valence-corrected chi connectivity index (χ3v) is 1.25. The van der Waals surface area contributed by atoms with Gasteiger partial charge in [-0.2, -0.15) is 0 Å². The maximum Gasteiger partial charge on any atom is 0.409 e. The van der Waals surface area contributed by atoms with E-state index in [4.69, 9.17) is 10.8 Å². The summed E-state index contributed by atoms with van der Waals surface area (Å²) < 4.78 is 12.7. The monoisotopic (exact) mass is 170 g/mol. The van der Waals surface area contributed by atoms with E-state index in [1.54, 1.807) is 0 Å². The van der Waals surface area contributed by atoms with Crippen LogP contribution in [0.15, 0.2) is 18.2 Å². The molecule has 0 radical (unpaired) electrons. The lowest BCUT2D eigenvalue weighted by Gasteiger charge is -2.01. The van der Waals surface area contributed by atoms with Gasteiger partial charge >= 0.3 is 6.09 Å². The van der Waals surface area contributed by atoms with Gasteiger partial charge in [0.15, 0.2) is 0 Å². The molecule has 4 nitrogen and oxygen atoms in total. The van der Waals surface area contributed by atoms with Gasteiger partial charge in [-0.25, -0.2) is 9.18 Å². The minimum absolute atomic E-state index is 0.00839. The number of halogens is 1. The van der Waals surface area contributed by atoms with Gasteiger partial charge in [0.25, 0.3) is 0 Å². The second kappa shape index (κ2) is 3.08. The van der Waals surface area contributed by atoms with Crippen molar-refractivity contribution < 1.29 is 14.3 Å². The van der Waals surface area contributed by atoms with E-state index in [1.165, 1.54) is 12.1 Å². The summed E-state index contributed by atoms with van der Waals surface area (Å²) >= 11 is 0. The van der Waals surface area contributed by atoms with Gasteiger partial charge in [-0.05, 0) is 18.2 Å². The van der Waals surface area contributed by atoms with E-state index in [2.05, 4.69) is 0 Å². The molecule has 0 aliphatic rings. The molecule has 1 aromatic rings. The van der Waals surface area contributed by atoms with E-state index in [0.29, 0.717) is 0 Å². The van der Waals surface area contributed by atoms with Crippen LogP contribution in [0.5, 0.6) is 0 Å². The Morgan fingerprint density at radius 3 is 2.75 bits per heavy atom. The summed E-state index contributed by atoms with van der Waals surface area (Å²) in [4.78, 5) is 10.1. The summed E-state index contributed by atoms with van der Waals surface area (Å²) in [5, 5.41) is 10.3. The van der Waals surface area contributed by atoms with Crippen LogP contribution in [0.4, 0.5) is 20.6 Å². The number of nitrogen functional groups attached to an aromatic ring is 1. The van der Waals surface area contributed by atoms with Crippen molar-refractivity contribution in [2.75, 3.05) is 11.1 Å². The molecule has 64 valence electrons. The molecule has 0 saturated heterocycles. The number of carbonyl (C=O) groups is 1. The molecular formula is C7H7FN2O2. The van der Waals surface area contributed by atoms with E-state index in [-0.39, 0.29) is 11.4 Å². The van der Waals surface area contributed by atoms with Gasteiger partial charge in [-0.1, -0.05) is 0 Å². The number of nitrogens with one attached hydrogen (secondary N) is 1. The van der Waals surface area contributed by atoms with Crippen LogP contribution in [-0.2, 0) is 0 Å². The van der Waals surface area contributed by atoms with Crippen molar-refractivity contribution in [2.24, 2.45) is 0 Å². The van der Waals surface area contributed by atoms with Crippen LogP contribution in [-0.4, -0.2) is 11.2 Å². The highest BCUT2D eigenvalue weighted by Crippen LogP contribution is 2.15. The first kappa shape index (κ1) is 8.32. The number of nitrogens with two attached hydrogens (primary N) is 1. The summed E-state index contributed by atoms with van der Waals surface area (Å²) in [5.74, 6) is -0.638. The molecule has 0 aliphatic heterocycles. The SMILES string of the molecule is Nc1ccc(NC(=O)O)cc1F. The summed E-state index contributed by atoms with van der Waals surface area (Å²) in [6.45, 7) is 0. The normalized spacial score (nSPS) is 9.42. The van der Waals surface area contributed by atoms with Crippen LogP contribution in [0.3, 0.4) is 0 Å². The molecule has 12 heavy (non-hydrogen) atoms. The van der Waals surface area contributed by atoms with E-state index in [1.807, 2.05) is 5.32 Å². The minimum atomic E-state index is -1.24. The molecule has 0 atom stereocenters. The Morgan fingerprint density at radius 2 is 2.25 bits per heavy atom. The first-order chi connectivity index (χ1) is 5.59. The minimum Gasteiger partial charge on any atom is -0.465 e. The Hall–Kier alpha value is -1.78. The second-order valence-electron chi connectivity index (χ2n) is 2.17. The van der Waals surface area contributed by atoms with Gasteiger partial charge in [0.05, 0.1) is 5.69 Å². The molecule has 0 aromatic heterocycles. The molecule has 0 bridgehead atoms. The Morgan fingerprint density at radius 1 is 1.58 bits per heavy atom. The molecule has 0 aliphatic carbocycles. The van der Waals surface area contributed by atoms with Crippen LogP contribution in [0.2, 0.25) is 0 Å². The fraction of sp³-hybridized carbons (Fsp3) is 0. The van der Waals surface area contributed by atoms with E-state index < -0.39 is 11.9 Å². The van der Waals surface area contributed by atoms with Gasteiger partial charge in [-0.15, -0.1) is 0 Å². The van der Waals surface area contributed by atoms with Gasteiger partial charge in [0, 0.05) is 5.69 Å². The number of benzene rings is 1. The van der Waals surface area contributed by atoms with Crippen molar-refractivity contribution in [1.29, 1.82) is 0 Å². The van der Waals surface area contributed by atoms with Crippen molar-refractivity contribution in [3.8, 4) is 0 Å². The average molecular weight is 170 g/mol. The van der Waals surface area contributed by atoms with Gasteiger partial charge < -0.3 is 10.8 Å². The first-order valence-corrected chi connectivity index (χ1v) is 3.14. The third kappa shape index (κ3) is 1.85. The van der Waals surface area contributed by atoms with E-state index in [9.17, 15) is 9.18 Å². The number of amides is 1. The number of hydrogen-bond donors (Lipinski definition) is 3. The van der Waals surface area contributed by atoms with E-state index >= 15 is 0 Å². The fourth-order valence-corrected chi connectivity index (χ4v) is 0.728. The number of hydrogen-bond acceptors (Lipinski definition) is 2. The topological polar surface area (TPSA) is 75.3 Å². The van der Waals surface area contributed by atoms with Crippen LogP contribution in [0.1, 0.15) is 0 Å². The van der Waals surface area contributed by atoms with Crippen LogP contribution >= 0.6 is 0 Å². The summed E-state index contributed by atoms with van der Waals surface area (Å²) in [6, 6.07) is 3.69. The first-order valence-electron chi connectivity index (χ1n) is 3.14. The molecule has 0 unspecified atom stereocenters. The zero-order valence-corrected chi connectivity index (χ0v) is 6.04. The third-order valence-electron chi connectivity index (χ3n) is 1.25. The summed E-state index contributed by atoms with van der Waals surface area (Å²) in [7, 11) is 0. The quantitative estimate of drug-likeness (QED) is 0.559. The second-order valence-corrected chi connectivity index (χ2v) is 2.17. The lowest BCUT2D eigenvalue weighted by molar-refractivity contribution is 0.210. The van der Waals surface area contributed by atoms with Crippen LogP contribution in [0.25, 0.3) is 0 Å². The molecule has 0 saturated carbocycles. The number of anilines is 2. The summed E-state index contributed by atoms with van der Waals surface area (Å²) in [5.41, 5.74) is 5.32. The van der Waals surface area contributed by atoms with Gasteiger partial charge in [0.1, 0.15) is 5.82 Å².